The molecule has 1 saturated heterocycles. The lowest BCUT2D eigenvalue weighted by Crippen LogP contribution is -2.35. The Morgan fingerprint density at radius 3 is 2.36 bits per heavy atom. The van der Waals surface area contributed by atoms with Crippen LogP contribution in [0.25, 0.3) is 0 Å². The fraction of sp³-hybridized carbons (Fsp3) is 0.625. The lowest BCUT2D eigenvalue weighted by Gasteiger charge is -2.25. The molecule has 1 aliphatic rings. The minimum absolute atomic E-state index is 0.0466. The Labute approximate surface area is 142 Å². The average molecular weight is 368 g/mol. The maximum absolute atomic E-state index is 12.5. The summed E-state index contributed by atoms with van der Waals surface area (Å²) in [5.74, 6) is -0.493. The summed E-state index contributed by atoms with van der Waals surface area (Å²) in [6.45, 7) is -2.86. The highest BCUT2D eigenvalue weighted by molar-refractivity contribution is 5.28. The molecule has 0 spiro atoms. The topological polar surface area (TPSA) is 49.5 Å². The van der Waals surface area contributed by atoms with Gasteiger partial charge in [0.1, 0.15) is 18.3 Å². The van der Waals surface area contributed by atoms with E-state index in [4.69, 9.17) is 14.2 Å². The summed E-state index contributed by atoms with van der Waals surface area (Å²) < 4.78 is 64.9. The maximum Gasteiger partial charge on any atom is 0.188 e. The maximum atomic E-state index is 12.5. The molecule has 0 radical (unpaired) electrons. The third kappa shape index (κ3) is 5.11. The molecule has 1 aromatic rings. The van der Waals surface area contributed by atoms with E-state index >= 15 is 0 Å². The second-order valence-electron chi connectivity index (χ2n) is 5.68. The van der Waals surface area contributed by atoms with Crippen LogP contribution in [-0.2, 0) is 24.1 Å². The normalized spacial score (nSPS) is 24.9. The number of hydrogen-bond acceptors (Lipinski definition) is 5. The van der Waals surface area contributed by atoms with E-state index in [9.17, 15) is 17.8 Å². The van der Waals surface area contributed by atoms with E-state index < -0.39 is 44.1 Å². The van der Waals surface area contributed by atoms with Crippen molar-refractivity contribution in [3.05, 3.63) is 35.9 Å². The quantitative estimate of drug-likeness (QED) is 0.395. The summed E-state index contributed by atoms with van der Waals surface area (Å²) >= 11 is 0. The van der Waals surface area contributed by atoms with E-state index in [1.165, 1.54) is 0 Å². The lowest BCUT2D eigenvalue weighted by atomic mass is 9.83. The molecule has 1 aromatic carbocycles. The number of epoxide rings is 1. The van der Waals surface area contributed by atoms with Gasteiger partial charge in [-0.15, -0.1) is 0 Å². The van der Waals surface area contributed by atoms with Crippen LogP contribution < -0.4 is 0 Å². The van der Waals surface area contributed by atoms with Crippen LogP contribution in [-0.4, -0.2) is 51.4 Å². The van der Waals surface area contributed by atoms with Gasteiger partial charge in [0.25, 0.3) is 0 Å². The molecule has 0 amide bonds. The highest BCUT2D eigenvalue weighted by Gasteiger charge is 2.62. The fourth-order valence-corrected chi connectivity index (χ4v) is 3.02. The van der Waals surface area contributed by atoms with E-state index in [0.717, 1.165) is 5.56 Å². The summed E-state index contributed by atoms with van der Waals surface area (Å²) in [5.41, 5.74) is -0.296. The van der Waals surface area contributed by atoms with Crippen LogP contribution in [0.4, 0.5) is 17.8 Å². The largest absolute Gasteiger partial charge is 0.363 e. The van der Waals surface area contributed by atoms with Crippen LogP contribution in [0.2, 0.25) is 0 Å². The monoisotopic (exact) mass is 368 g/mol. The van der Waals surface area contributed by atoms with E-state index in [1.54, 1.807) is 30.3 Å². The summed E-state index contributed by atoms with van der Waals surface area (Å²) in [7, 11) is 0. The first kappa shape index (κ1) is 20.1. The van der Waals surface area contributed by atoms with Crippen LogP contribution in [0.15, 0.2) is 30.3 Å². The molecule has 1 heterocycles. The first-order chi connectivity index (χ1) is 12.2. The molecule has 1 aliphatic heterocycles. The van der Waals surface area contributed by atoms with E-state index in [0.29, 0.717) is 0 Å². The highest BCUT2D eigenvalue weighted by Crippen LogP contribution is 2.50. The van der Waals surface area contributed by atoms with Crippen LogP contribution in [0.1, 0.15) is 17.9 Å². The van der Waals surface area contributed by atoms with Crippen molar-refractivity contribution in [1.82, 2.24) is 0 Å². The number of benzene rings is 1. The molecule has 5 nitrogen and oxygen atoms in total. The zero-order valence-electron chi connectivity index (χ0n) is 13.4. The second kappa shape index (κ2) is 10.0. The molecule has 142 valence electrons. The molecule has 0 bridgehead atoms. The highest BCUT2D eigenvalue weighted by atomic mass is 19.3. The van der Waals surface area contributed by atoms with E-state index in [2.05, 4.69) is 9.88 Å². The van der Waals surface area contributed by atoms with Gasteiger partial charge in [-0.2, -0.15) is 9.88 Å². The number of halogens is 4. The van der Waals surface area contributed by atoms with Gasteiger partial charge in [-0.1, -0.05) is 30.3 Å². The zero-order chi connectivity index (χ0) is 18.1. The number of ether oxygens (including phenoxy) is 3. The van der Waals surface area contributed by atoms with Crippen molar-refractivity contribution in [2.75, 3.05) is 33.5 Å². The SMILES string of the molecule is FCOCC(c1ccccc1)C1(COCF)OC1CC(COF)OF. The molecule has 4 unspecified atom stereocenters. The van der Waals surface area contributed by atoms with Gasteiger partial charge in [0.05, 0.1) is 19.3 Å². The van der Waals surface area contributed by atoms with Gasteiger partial charge in [0.15, 0.2) is 13.7 Å². The van der Waals surface area contributed by atoms with Crippen LogP contribution in [0.3, 0.4) is 0 Å². The Balaban J connectivity index is 2.18. The first-order valence-corrected chi connectivity index (χ1v) is 7.73. The molecular weight excluding hydrogens is 348 g/mol. The lowest BCUT2D eigenvalue weighted by molar-refractivity contribution is -0.236. The second-order valence-corrected chi connectivity index (χ2v) is 5.68. The molecular formula is C16H20F4O5. The summed E-state index contributed by atoms with van der Waals surface area (Å²) in [6.07, 6.45) is -1.86. The van der Waals surface area contributed by atoms with Crippen molar-refractivity contribution in [2.45, 2.75) is 30.1 Å². The predicted molar refractivity (Wildman–Crippen MR) is 78.3 cm³/mol. The van der Waals surface area contributed by atoms with E-state index in [-0.39, 0.29) is 19.6 Å². The summed E-state index contributed by atoms with van der Waals surface area (Å²) in [4.78, 5) is 7.05. The molecule has 0 saturated carbocycles. The van der Waals surface area contributed by atoms with Gasteiger partial charge in [0.2, 0.25) is 0 Å². The van der Waals surface area contributed by atoms with Gasteiger partial charge in [0, 0.05) is 12.3 Å². The first-order valence-electron chi connectivity index (χ1n) is 7.73. The van der Waals surface area contributed by atoms with Gasteiger partial charge >= 0.3 is 0 Å². The van der Waals surface area contributed by atoms with Crippen molar-refractivity contribution in [3.8, 4) is 0 Å². The Kier molecular flexibility index (Phi) is 8.04. The van der Waals surface area contributed by atoms with Gasteiger partial charge in [-0.25, -0.2) is 8.78 Å². The molecule has 0 aliphatic carbocycles. The number of alkyl halides is 2. The van der Waals surface area contributed by atoms with Gasteiger partial charge < -0.3 is 14.2 Å². The third-order valence-corrected chi connectivity index (χ3v) is 4.26. The van der Waals surface area contributed by atoms with Crippen molar-refractivity contribution < 1.29 is 41.9 Å². The Morgan fingerprint density at radius 2 is 1.76 bits per heavy atom. The van der Waals surface area contributed by atoms with Crippen LogP contribution >= 0.6 is 0 Å². The standard InChI is InChI=1S/C16H20F4O5/c17-10-21-8-14(12-4-2-1-3-5-12)16(9-22-11-18)15(24-16)6-13(25-20)7-23-19/h1-5,13-15H,6-11H2. The molecule has 9 heteroatoms. The van der Waals surface area contributed by atoms with Gasteiger partial charge in [-0.05, 0) is 14.6 Å². The van der Waals surface area contributed by atoms with Crippen molar-refractivity contribution >= 4 is 0 Å². The van der Waals surface area contributed by atoms with Gasteiger partial charge in [-0.3, -0.25) is 0 Å². The zero-order valence-corrected chi connectivity index (χ0v) is 13.4. The molecule has 2 rings (SSSR count). The van der Waals surface area contributed by atoms with Crippen LogP contribution in [0, 0.1) is 0 Å². The molecule has 1 fully saturated rings. The minimum atomic E-state index is -1.19. The number of hydrogen-bond donors (Lipinski definition) is 0. The van der Waals surface area contributed by atoms with Crippen molar-refractivity contribution in [1.29, 1.82) is 0 Å². The Bertz CT molecular complexity index is 495. The summed E-state index contributed by atoms with van der Waals surface area (Å²) in [6, 6.07) is 8.94. The Morgan fingerprint density at radius 1 is 1.04 bits per heavy atom. The van der Waals surface area contributed by atoms with E-state index in [1.807, 2.05) is 0 Å². The van der Waals surface area contributed by atoms with Crippen molar-refractivity contribution in [2.24, 2.45) is 0 Å². The number of rotatable bonds is 13. The minimum Gasteiger partial charge on any atom is -0.363 e. The predicted octanol–water partition coefficient (Wildman–Crippen LogP) is 3.36. The van der Waals surface area contributed by atoms with Crippen LogP contribution in [0.5, 0.6) is 0 Å². The molecule has 0 aromatic heterocycles. The fourth-order valence-electron chi connectivity index (χ4n) is 3.02. The third-order valence-electron chi connectivity index (χ3n) is 4.26. The summed E-state index contributed by atoms with van der Waals surface area (Å²) in [5, 5.41) is 0. The average Bonchev–Trinajstić information content (AvgIpc) is 3.34. The Hall–Kier alpha value is -1.26. The molecule has 25 heavy (non-hydrogen) atoms. The molecule has 4 atom stereocenters. The smallest absolute Gasteiger partial charge is 0.188 e. The van der Waals surface area contributed by atoms with Crippen molar-refractivity contribution in [3.63, 3.8) is 0 Å². The molecule has 0 N–H and O–H groups in total.